The quantitative estimate of drug-likeness (QED) is 0.00914. The van der Waals surface area contributed by atoms with E-state index in [0.29, 0.717) is 101 Å². The van der Waals surface area contributed by atoms with Gasteiger partial charge in [0.15, 0.2) is 5.78 Å². The molecule has 7 N–H and O–H groups in total. The van der Waals surface area contributed by atoms with Gasteiger partial charge in [-0.3, -0.25) is 58.1 Å². The van der Waals surface area contributed by atoms with E-state index in [0.717, 1.165) is 84.0 Å². The fourth-order valence-electron chi connectivity index (χ4n) is 18.5. The average Bonchev–Trinajstić information content (AvgIpc) is 0.721. The fraction of sp³-hybridized carbons (Fsp3) is 0.538. The monoisotopic (exact) mass is 1590 g/mol. The number of phenols is 1. The smallest absolute Gasteiger partial charge is 0.306 e. The number of aromatic hydroxyl groups is 1. The number of nitrogens with two attached hydrogens (primary N) is 1. The number of carboxylic acids is 1. The van der Waals surface area contributed by atoms with Crippen molar-refractivity contribution in [3.8, 4) is 17.6 Å². The lowest BCUT2D eigenvalue weighted by atomic mass is 9.49. The van der Waals surface area contributed by atoms with Gasteiger partial charge in [0.2, 0.25) is 35.4 Å². The predicted molar refractivity (Wildman–Crippen MR) is 437 cm³/mol. The van der Waals surface area contributed by atoms with Gasteiger partial charge in [0.05, 0.1) is 81.8 Å². The second-order valence-corrected chi connectivity index (χ2v) is 33.6. The largest absolute Gasteiger partial charge is 0.508 e. The number of benzene rings is 5. The van der Waals surface area contributed by atoms with Crippen LogP contribution in [0.5, 0.6) is 5.75 Å². The van der Waals surface area contributed by atoms with Crippen molar-refractivity contribution in [2.75, 3.05) is 63.1 Å². The zero-order valence-corrected chi connectivity index (χ0v) is 68.3. The molecule has 5 aliphatic rings. The molecule has 0 saturated heterocycles. The van der Waals surface area contributed by atoms with Gasteiger partial charge in [-0.1, -0.05) is 139 Å². The number of aryl methyl sites for hydroxylation is 2. The second kappa shape index (κ2) is 41.4. The van der Waals surface area contributed by atoms with Gasteiger partial charge in [-0.25, -0.2) is 0 Å². The molecule has 0 spiro atoms. The molecule has 2 saturated carbocycles. The van der Waals surface area contributed by atoms with Crippen molar-refractivity contribution in [3.63, 3.8) is 0 Å². The number of ether oxygens (including phenoxy) is 5. The number of carbonyl (C=O) groups is 11. The molecule has 0 bridgehead atoms. The summed E-state index contributed by atoms with van der Waals surface area (Å²) >= 11 is 0. The van der Waals surface area contributed by atoms with E-state index in [1.54, 1.807) is 41.3 Å². The number of para-hydroxylation sites is 1. The molecule has 5 aromatic rings. The fourth-order valence-corrected chi connectivity index (χ4v) is 18.5. The summed E-state index contributed by atoms with van der Waals surface area (Å²) in [5.41, 5.74) is 12.2. The molecule has 1 aliphatic heterocycles. The molecular formula is C93H117N5O18. The third kappa shape index (κ3) is 23.1. The number of carboxylic acid groups (broad SMARTS) is 1. The van der Waals surface area contributed by atoms with Crippen molar-refractivity contribution in [3.05, 3.63) is 159 Å². The molecule has 116 heavy (non-hydrogen) atoms. The number of fused-ring (bicyclic) bond motifs is 8. The van der Waals surface area contributed by atoms with Crippen LogP contribution in [-0.2, 0) is 120 Å². The van der Waals surface area contributed by atoms with Crippen molar-refractivity contribution in [1.29, 1.82) is 0 Å². The zero-order valence-electron chi connectivity index (χ0n) is 68.3. The molecule has 10 rings (SSSR count). The van der Waals surface area contributed by atoms with E-state index in [1.165, 1.54) is 5.56 Å². The van der Waals surface area contributed by atoms with Gasteiger partial charge in [-0.05, 0) is 187 Å². The minimum Gasteiger partial charge on any atom is -0.508 e. The summed E-state index contributed by atoms with van der Waals surface area (Å²) in [5.74, 6) is -0.104. The first kappa shape index (κ1) is 88.6. The molecule has 0 aromatic heterocycles. The van der Waals surface area contributed by atoms with E-state index in [-0.39, 0.29) is 148 Å². The summed E-state index contributed by atoms with van der Waals surface area (Å²) < 4.78 is 28.2. The number of phenolic OH excluding ortho intramolecular Hbond substituents is 1. The number of hydrogen-bond donors (Lipinski definition) is 6. The van der Waals surface area contributed by atoms with Crippen LogP contribution in [0.1, 0.15) is 226 Å². The molecule has 4 aliphatic carbocycles. The number of ketones is 3. The topological polar surface area (TPSA) is 340 Å². The highest BCUT2D eigenvalue weighted by Crippen LogP contribution is 2.60. The van der Waals surface area contributed by atoms with Gasteiger partial charge in [-0.2, -0.15) is 0 Å². The molecule has 0 radical (unpaired) electrons. The number of unbranched alkanes of at least 4 members (excludes halogenated alkanes) is 1. The number of rotatable bonds is 43. The van der Waals surface area contributed by atoms with Gasteiger partial charge in [0.25, 0.3) is 0 Å². The third-order valence-corrected chi connectivity index (χ3v) is 25.2. The number of nitrogens with one attached hydrogen (secondary N) is 3. The second-order valence-electron chi connectivity index (χ2n) is 33.6. The van der Waals surface area contributed by atoms with E-state index in [4.69, 9.17) is 29.4 Å². The van der Waals surface area contributed by atoms with Crippen LogP contribution in [0.3, 0.4) is 0 Å². The van der Waals surface area contributed by atoms with E-state index in [2.05, 4.69) is 41.6 Å². The van der Waals surface area contributed by atoms with Crippen molar-refractivity contribution >= 4 is 76.1 Å². The SMILES string of the molecule is CC(C)[C@H](CC(=O)CCOCCOCCOCCOCCCC(=O)CCC(=O)N1Cc2ccccc2C#Cc2ccccc21)C(=O)N[C@@H](CCCCC(N)=O)C(=O)Cc1ccc(COC(=O)C[C@@H](CCC(=O)O)C(=O)Nc2ccc3c(c2)[C@@]2(C)CCC[C@](C)(C(=O)NC(=O)[C@@]4(C)CCC[C@]5(C)c6cc(O)ccc6CC[C@@H]45)[C@@H]2CC3)cc1. The van der Waals surface area contributed by atoms with Crippen molar-refractivity contribution in [2.45, 2.75) is 226 Å². The lowest BCUT2D eigenvalue weighted by Crippen LogP contribution is -2.60. The molecule has 2 fully saturated rings. The number of nitrogens with zero attached hydrogens (tertiary/aromatic N) is 1. The Morgan fingerprint density at radius 3 is 1.79 bits per heavy atom. The number of amides is 6. The summed E-state index contributed by atoms with van der Waals surface area (Å²) in [7, 11) is 0. The Hall–Kier alpha value is -9.73. The lowest BCUT2D eigenvalue weighted by Gasteiger charge is -2.56. The molecular weight excluding hydrogens is 1480 g/mol. The molecule has 9 atom stereocenters. The van der Waals surface area contributed by atoms with E-state index in [1.807, 2.05) is 100 Å². The zero-order chi connectivity index (χ0) is 83.2. The predicted octanol–water partition coefficient (Wildman–Crippen LogP) is 12.7. The van der Waals surface area contributed by atoms with Gasteiger partial charge in [0.1, 0.15) is 23.9 Å². The maximum Gasteiger partial charge on any atom is 0.306 e. The minimum atomic E-state index is -1.14. The number of hydrogen-bond acceptors (Lipinski definition) is 17. The Morgan fingerprint density at radius 2 is 1.16 bits per heavy atom. The van der Waals surface area contributed by atoms with Crippen LogP contribution >= 0.6 is 0 Å². The van der Waals surface area contributed by atoms with Crippen LogP contribution in [-0.4, -0.2) is 134 Å². The van der Waals surface area contributed by atoms with Crippen molar-refractivity contribution < 1.29 is 86.6 Å². The molecule has 5 aromatic carbocycles. The number of esters is 1. The average molecular weight is 1590 g/mol. The van der Waals surface area contributed by atoms with Crippen LogP contribution in [0.4, 0.5) is 11.4 Å². The maximum absolute atomic E-state index is 14.9. The Morgan fingerprint density at radius 1 is 0.569 bits per heavy atom. The summed E-state index contributed by atoms with van der Waals surface area (Å²) in [5, 5.41) is 29.2. The first-order valence-electron chi connectivity index (χ1n) is 41.6. The van der Waals surface area contributed by atoms with E-state index in [9.17, 15) is 63.0 Å². The molecule has 6 amide bonds. The number of Topliss-reactive ketones (excluding diaryl/α,β-unsaturated/α-hetero) is 3. The van der Waals surface area contributed by atoms with Crippen molar-refractivity contribution in [2.24, 2.45) is 46.2 Å². The maximum atomic E-state index is 14.9. The van der Waals surface area contributed by atoms with Crippen molar-refractivity contribution in [1.82, 2.24) is 10.6 Å². The first-order chi connectivity index (χ1) is 55.6. The highest BCUT2D eigenvalue weighted by Gasteiger charge is 2.59. The molecule has 622 valence electrons. The van der Waals surface area contributed by atoms with E-state index >= 15 is 0 Å². The molecule has 0 unspecified atom stereocenters. The minimum absolute atomic E-state index is 0.00474. The Bertz CT molecular complexity index is 4430. The van der Waals surface area contributed by atoms with Crippen LogP contribution in [0, 0.1) is 52.3 Å². The van der Waals surface area contributed by atoms with Crippen LogP contribution in [0.2, 0.25) is 0 Å². The number of aliphatic carboxylic acids is 1. The van der Waals surface area contributed by atoms with Crippen LogP contribution in [0.25, 0.3) is 0 Å². The standard InChI is InChI=1S/C93H117N5O18/c1-61(2)74(57-73(101)41-47-113-49-51-115-53-52-114-50-48-112-46-13-19-71(99)36-39-83(104)98-59-69-18-8-7-16-64(69)27-28-67-17-9-11-21-78(67)98)87(109)96-77(20-10-12-22-82(94)103)79(102)54-62-23-25-63(26-24-62)60-116-85(107)55-68(33-40-84(105)106)86(108)95-70-34-29-65-31-37-80-90(3,75(65)56-70)42-14-44-92(80,5)88(110)97-89(111)93(6)45-15-43-91(4)76-58-72(100)35-30-66(76)32-38-81(91)93/h7-9,11,16-18,21,23-26,29-30,34-35,56,58,61,68,74,77,80-81,100H,10,12-15,19-20,22,31-33,36-55,57,59-60H2,1-6H3,(H2,94,103)(H,95,108)(H,96,109)(H,105,106)(H,97,110,111)/t68-,74+,77+,80-,81-,90-,91-,92+,93+/m1/s1. The Kier molecular flexibility index (Phi) is 31.6. The number of carbonyl (C=O) groups excluding carboxylic acids is 10. The van der Waals surface area contributed by atoms with Gasteiger partial charge in [-0.15, -0.1) is 0 Å². The summed E-state index contributed by atoms with van der Waals surface area (Å²) in [6.45, 7) is 14.5. The molecule has 23 heteroatoms. The highest BCUT2D eigenvalue weighted by molar-refractivity contribution is 6.01. The van der Waals surface area contributed by atoms with Crippen LogP contribution in [0.15, 0.2) is 109 Å². The third-order valence-electron chi connectivity index (χ3n) is 25.2. The van der Waals surface area contributed by atoms with E-state index < -0.39 is 70.2 Å². The molecule has 1 heterocycles. The normalized spacial score (nSPS) is 21.1. The first-order valence-corrected chi connectivity index (χ1v) is 41.6. The lowest BCUT2D eigenvalue weighted by molar-refractivity contribution is -0.150. The van der Waals surface area contributed by atoms with Gasteiger partial charge in [0, 0.05) is 86.6 Å². The number of primary amides is 1. The summed E-state index contributed by atoms with van der Waals surface area (Å²) in [4.78, 5) is 150. The van der Waals surface area contributed by atoms with Gasteiger partial charge >= 0.3 is 11.9 Å². The number of imide groups is 1. The Labute approximate surface area is 681 Å². The number of anilines is 2. The summed E-state index contributed by atoms with van der Waals surface area (Å²) in [6, 6.07) is 32.4. The highest BCUT2D eigenvalue weighted by atomic mass is 16.6. The Balaban J connectivity index is 0.617. The van der Waals surface area contributed by atoms with Crippen LogP contribution < -0.4 is 26.6 Å². The summed E-state index contributed by atoms with van der Waals surface area (Å²) in [6.07, 6.45) is 8.64. The van der Waals surface area contributed by atoms with Gasteiger partial charge < -0.3 is 55.2 Å². The molecule has 23 nitrogen and oxygen atoms in total.